The quantitative estimate of drug-likeness (QED) is 0.447. The lowest BCUT2D eigenvalue weighted by molar-refractivity contribution is -1.92. The summed E-state index contributed by atoms with van der Waals surface area (Å²) in [5, 5.41) is 0. The van der Waals surface area contributed by atoms with Crippen LogP contribution in [0.5, 0.6) is 0 Å². The van der Waals surface area contributed by atoms with Gasteiger partial charge < -0.3 is 0 Å². The molecule has 0 N–H and O–H groups in total. The molecule has 10 nitrogen and oxygen atoms in total. The van der Waals surface area contributed by atoms with Gasteiger partial charge >= 0.3 is 11.9 Å². The minimum Gasteiger partial charge on any atom is -0.229 e. The molecule has 0 unspecified atom stereocenters. The van der Waals surface area contributed by atoms with Crippen LogP contribution >= 0.6 is 0 Å². The summed E-state index contributed by atoms with van der Waals surface area (Å²) in [6, 6.07) is 0. The van der Waals surface area contributed by atoms with Crippen LogP contribution in [0.3, 0.4) is 0 Å². The molecular weight excluding hydrogens is 279 g/mol. The Balaban J connectivity index is 4.20. The van der Waals surface area contributed by atoms with E-state index >= 15 is 0 Å². The van der Waals surface area contributed by atoms with Crippen LogP contribution in [-0.4, -0.2) is 11.9 Å². The highest BCUT2D eigenvalue weighted by atomic mass is 35.7. The fraction of sp³-hybridized carbons (Fsp3) is 0. The van der Waals surface area contributed by atoms with Crippen molar-refractivity contribution >= 4 is 11.9 Å². The zero-order valence-corrected chi connectivity index (χ0v) is 8.50. The lowest BCUT2D eigenvalue weighted by atomic mass is 10.5. The normalized spacial score (nSPS) is 12.6. The third-order valence-corrected chi connectivity index (χ3v) is 1.38. The van der Waals surface area contributed by atoms with Crippen molar-refractivity contribution in [3.63, 3.8) is 0 Å². The Kier molecular flexibility index (Phi) is 5.05. The fourth-order valence-corrected chi connectivity index (χ4v) is 0.849. The van der Waals surface area contributed by atoms with Gasteiger partial charge in [0, 0.05) is 12.2 Å². The summed E-state index contributed by atoms with van der Waals surface area (Å²) >= 11 is 0. The van der Waals surface area contributed by atoms with E-state index in [2.05, 4.69) is 8.58 Å². The van der Waals surface area contributed by atoms with Crippen molar-refractivity contribution in [2.45, 2.75) is 0 Å². The molecule has 0 aliphatic rings. The van der Waals surface area contributed by atoms with E-state index < -0.39 is 32.4 Å². The SMILES string of the molecule is O=C(/C=C\C(=O)O[Cl+3]([O-])([O-])[O-])O[Cl+3]([O-])([O-])[O-]. The molecule has 0 aromatic rings. The summed E-state index contributed by atoms with van der Waals surface area (Å²) in [4.78, 5) is 20.8. The van der Waals surface area contributed by atoms with Gasteiger partial charge in [0.2, 0.25) is 0 Å². The van der Waals surface area contributed by atoms with Gasteiger partial charge in [-0.15, -0.1) is 0 Å². The summed E-state index contributed by atoms with van der Waals surface area (Å²) in [6.07, 6.45) is 0.150. The van der Waals surface area contributed by atoms with Gasteiger partial charge in [-0.1, -0.05) is 0 Å². The molecule has 0 aromatic heterocycles. The van der Waals surface area contributed by atoms with Gasteiger partial charge in [-0.05, 0) is 8.58 Å². The molecule has 0 rings (SSSR count). The molecule has 0 saturated heterocycles. The van der Waals surface area contributed by atoms with Gasteiger partial charge in [0.25, 0.3) is 0 Å². The minimum atomic E-state index is -5.02. The van der Waals surface area contributed by atoms with E-state index in [4.69, 9.17) is 0 Å². The summed E-state index contributed by atoms with van der Waals surface area (Å²) in [5.74, 6) is -3.54. The molecule has 0 radical (unpaired) electrons. The van der Waals surface area contributed by atoms with Crippen molar-refractivity contribution < 1.29 is 66.6 Å². The molecule has 0 aliphatic carbocycles. The van der Waals surface area contributed by atoms with Crippen LogP contribution in [0.15, 0.2) is 12.2 Å². The maximum Gasteiger partial charge on any atom is 0.487 e. The van der Waals surface area contributed by atoms with Crippen molar-refractivity contribution in [3.8, 4) is 0 Å². The molecule has 0 amide bonds. The van der Waals surface area contributed by atoms with E-state index in [1.165, 1.54) is 0 Å². The van der Waals surface area contributed by atoms with Crippen molar-refractivity contribution in [1.29, 1.82) is 0 Å². The number of rotatable bonds is 4. The molecule has 0 aliphatic heterocycles. The van der Waals surface area contributed by atoms with Crippen LogP contribution in [-0.2, 0) is 18.2 Å². The standard InChI is InChI=1S/C4H2Cl2O10/c7-3(15-5(9,10)11)1-2-4(8)16-6(12,13)14/h1-2H/b2-1-. The molecule has 0 bridgehead atoms. The van der Waals surface area contributed by atoms with Gasteiger partial charge in [0.15, 0.2) is 0 Å². The first kappa shape index (κ1) is 15.0. The first-order valence-electron chi connectivity index (χ1n) is 2.96. The fourth-order valence-electron chi connectivity index (χ4n) is 0.374. The molecule has 0 aromatic carbocycles. The number of carbonyl (C=O) groups excluding carboxylic acids is 2. The second kappa shape index (κ2) is 5.38. The maximum atomic E-state index is 10.4. The Morgan fingerprint density at radius 3 is 1.19 bits per heavy atom. The Bertz CT molecular complexity index is 267. The monoisotopic (exact) mass is 280 g/mol. The summed E-state index contributed by atoms with van der Waals surface area (Å²) in [5.41, 5.74) is 0. The van der Waals surface area contributed by atoms with E-state index in [1.807, 2.05) is 0 Å². The number of carbonyl (C=O) groups is 2. The van der Waals surface area contributed by atoms with Crippen LogP contribution < -0.4 is 28.0 Å². The third kappa shape index (κ3) is 9.57. The van der Waals surface area contributed by atoms with E-state index in [0.717, 1.165) is 0 Å². The van der Waals surface area contributed by atoms with E-state index in [0.29, 0.717) is 0 Å². The summed E-state index contributed by atoms with van der Waals surface area (Å²) in [6.45, 7) is 0. The first-order chi connectivity index (χ1) is 6.99. The predicted molar refractivity (Wildman–Crippen MR) is 21.3 cm³/mol. The third-order valence-electron chi connectivity index (χ3n) is 0.697. The smallest absolute Gasteiger partial charge is 0.229 e. The van der Waals surface area contributed by atoms with Crippen LogP contribution in [0, 0.1) is 20.5 Å². The zero-order chi connectivity index (χ0) is 13.0. The Morgan fingerprint density at radius 1 is 0.750 bits per heavy atom. The molecule has 12 heteroatoms. The largest absolute Gasteiger partial charge is 0.487 e. The van der Waals surface area contributed by atoms with Crippen molar-refractivity contribution in [2.75, 3.05) is 0 Å². The van der Waals surface area contributed by atoms with Crippen LogP contribution in [0.1, 0.15) is 0 Å². The lowest BCUT2D eigenvalue weighted by Gasteiger charge is -2.09. The number of hydrogen-bond acceptors (Lipinski definition) is 10. The highest BCUT2D eigenvalue weighted by molar-refractivity contribution is 5.91. The van der Waals surface area contributed by atoms with Gasteiger partial charge in [-0.25, -0.2) is 9.59 Å². The van der Waals surface area contributed by atoms with Crippen LogP contribution in [0.25, 0.3) is 0 Å². The Morgan fingerprint density at radius 2 is 1.00 bits per heavy atom. The molecule has 0 atom stereocenters. The second-order valence-corrected chi connectivity index (χ2v) is 3.70. The Labute approximate surface area is 91.4 Å². The maximum absolute atomic E-state index is 10.4. The molecule has 16 heavy (non-hydrogen) atoms. The van der Waals surface area contributed by atoms with Crippen molar-refractivity contribution in [3.05, 3.63) is 12.2 Å². The number of halogens is 2. The highest BCUT2D eigenvalue weighted by Crippen LogP contribution is 1.94. The first-order valence-corrected chi connectivity index (χ1v) is 5.43. The second-order valence-electron chi connectivity index (χ2n) is 1.88. The zero-order valence-electron chi connectivity index (χ0n) is 6.99. The van der Waals surface area contributed by atoms with E-state index in [-0.39, 0.29) is 12.2 Å². The Hall–Kier alpha value is -0.980. The van der Waals surface area contributed by atoms with Gasteiger partial charge in [-0.2, -0.15) is 28.0 Å². The summed E-state index contributed by atoms with van der Waals surface area (Å²) < 4.78 is 65.0. The molecule has 0 spiro atoms. The molecular formula is C4H2Cl2O10. The lowest BCUT2D eigenvalue weighted by Crippen LogP contribution is -2.62. The molecule has 0 fully saturated rings. The van der Waals surface area contributed by atoms with Gasteiger partial charge in [-0.3, -0.25) is 0 Å². The van der Waals surface area contributed by atoms with Crippen molar-refractivity contribution in [1.82, 2.24) is 0 Å². The minimum absolute atomic E-state index is 0.0749. The highest BCUT2D eigenvalue weighted by Gasteiger charge is 2.26. The molecule has 92 valence electrons. The average molecular weight is 281 g/mol. The van der Waals surface area contributed by atoms with Crippen molar-refractivity contribution in [2.24, 2.45) is 0 Å². The van der Waals surface area contributed by atoms with Crippen LogP contribution in [0.2, 0.25) is 0 Å². The van der Waals surface area contributed by atoms with Gasteiger partial charge in [0.1, 0.15) is 20.5 Å². The predicted octanol–water partition coefficient (Wildman–Crippen LogP) is -7.58. The topological polar surface area (TPSA) is 191 Å². The van der Waals surface area contributed by atoms with Crippen LogP contribution in [0.4, 0.5) is 0 Å². The number of hydrogen-bond donors (Lipinski definition) is 0. The molecule has 0 saturated carbocycles. The molecule has 0 heterocycles. The average Bonchev–Trinajstić information content (AvgIpc) is 1.94. The van der Waals surface area contributed by atoms with E-state index in [1.54, 1.807) is 0 Å². The van der Waals surface area contributed by atoms with Gasteiger partial charge in [0.05, 0.1) is 0 Å². The van der Waals surface area contributed by atoms with E-state index in [9.17, 15) is 37.5 Å². The summed E-state index contributed by atoms with van der Waals surface area (Å²) in [7, 11) is -10.0.